The second kappa shape index (κ2) is 7.68. The number of amides is 1. The van der Waals surface area contributed by atoms with Crippen LogP contribution in [0.2, 0.25) is 0 Å². The van der Waals surface area contributed by atoms with Crippen molar-refractivity contribution in [3.05, 3.63) is 0 Å². The van der Waals surface area contributed by atoms with Crippen LogP contribution in [-0.2, 0) is 9.59 Å². The molecule has 0 bridgehead atoms. The lowest BCUT2D eigenvalue weighted by Gasteiger charge is -2.15. The second-order valence-corrected chi connectivity index (χ2v) is 4.85. The van der Waals surface area contributed by atoms with E-state index in [4.69, 9.17) is 5.11 Å². The third-order valence-corrected chi connectivity index (χ3v) is 2.96. The standard InChI is InChI=1S/C10H18BrNO3/c1-3-4-8(11)5-6-9(10(14)15)12-7(2)13/h8-9H,3-6H2,1-2H3,(H,12,13)(H,14,15)/t8?,9-/m0/s1. The van der Waals surface area contributed by atoms with Gasteiger partial charge in [0.1, 0.15) is 6.04 Å². The van der Waals surface area contributed by atoms with Crippen molar-refractivity contribution in [2.45, 2.75) is 50.4 Å². The minimum atomic E-state index is -0.971. The van der Waals surface area contributed by atoms with Crippen LogP contribution in [0.5, 0.6) is 0 Å². The lowest BCUT2D eigenvalue weighted by Crippen LogP contribution is -2.39. The number of alkyl halides is 1. The molecule has 0 aliphatic carbocycles. The van der Waals surface area contributed by atoms with E-state index in [0.29, 0.717) is 11.2 Å². The monoisotopic (exact) mass is 279 g/mol. The molecule has 0 aromatic rings. The number of carbonyl (C=O) groups is 2. The van der Waals surface area contributed by atoms with Crippen molar-refractivity contribution in [1.82, 2.24) is 5.32 Å². The molecule has 0 saturated heterocycles. The summed E-state index contributed by atoms with van der Waals surface area (Å²) in [6.45, 7) is 3.41. The fourth-order valence-electron chi connectivity index (χ4n) is 1.31. The minimum absolute atomic E-state index is 0.302. The zero-order chi connectivity index (χ0) is 11.8. The van der Waals surface area contributed by atoms with Crippen molar-refractivity contribution in [3.8, 4) is 0 Å². The number of rotatable bonds is 7. The molecule has 0 heterocycles. The second-order valence-electron chi connectivity index (χ2n) is 3.55. The van der Waals surface area contributed by atoms with Gasteiger partial charge in [-0.1, -0.05) is 29.3 Å². The average molecular weight is 280 g/mol. The Labute approximate surface area is 98.6 Å². The third kappa shape index (κ3) is 7.36. The highest BCUT2D eigenvalue weighted by molar-refractivity contribution is 9.09. The molecule has 2 N–H and O–H groups in total. The Hall–Kier alpha value is -0.580. The molecule has 15 heavy (non-hydrogen) atoms. The van der Waals surface area contributed by atoms with E-state index >= 15 is 0 Å². The first kappa shape index (κ1) is 14.4. The predicted octanol–water partition coefficient (Wildman–Crippen LogP) is 1.92. The van der Waals surface area contributed by atoms with Gasteiger partial charge in [-0.2, -0.15) is 0 Å². The molecular formula is C10H18BrNO3. The summed E-state index contributed by atoms with van der Waals surface area (Å²) in [6, 6.07) is -0.764. The first-order valence-electron chi connectivity index (χ1n) is 5.11. The topological polar surface area (TPSA) is 66.4 Å². The molecule has 0 fully saturated rings. The summed E-state index contributed by atoms with van der Waals surface area (Å²) in [6.07, 6.45) is 3.30. The quantitative estimate of drug-likeness (QED) is 0.700. The Morgan fingerprint density at radius 3 is 2.33 bits per heavy atom. The number of halogens is 1. The van der Waals surface area contributed by atoms with Crippen molar-refractivity contribution in [1.29, 1.82) is 0 Å². The molecule has 4 nitrogen and oxygen atoms in total. The summed E-state index contributed by atoms with van der Waals surface area (Å²) >= 11 is 3.48. The number of aliphatic carboxylic acids is 1. The molecule has 88 valence electrons. The Morgan fingerprint density at radius 2 is 1.93 bits per heavy atom. The Kier molecular flexibility index (Phi) is 7.38. The largest absolute Gasteiger partial charge is 0.480 e. The van der Waals surface area contributed by atoms with E-state index in [1.54, 1.807) is 0 Å². The summed E-state index contributed by atoms with van der Waals surface area (Å²) in [5, 5.41) is 11.3. The number of hydrogen-bond donors (Lipinski definition) is 2. The van der Waals surface area contributed by atoms with Gasteiger partial charge in [0, 0.05) is 11.8 Å². The molecule has 2 atom stereocenters. The van der Waals surface area contributed by atoms with Gasteiger partial charge >= 0.3 is 5.97 Å². The zero-order valence-corrected chi connectivity index (χ0v) is 10.7. The molecule has 0 spiro atoms. The van der Waals surface area contributed by atoms with Crippen LogP contribution in [0.15, 0.2) is 0 Å². The van der Waals surface area contributed by atoms with Gasteiger partial charge in [0.2, 0.25) is 5.91 Å². The normalized spacial score (nSPS) is 14.3. The molecule has 0 aliphatic heterocycles. The Balaban J connectivity index is 3.96. The smallest absolute Gasteiger partial charge is 0.326 e. The maximum Gasteiger partial charge on any atom is 0.326 e. The first-order valence-corrected chi connectivity index (χ1v) is 6.02. The summed E-state index contributed by atoms with van der Waals surface area (Å²) < 4.78 is 0. The lowest BCUT2D eigenvalue weighted by atomic mass is 10.1. The molecule has 0 saturated carbocycles. The fourth-order valence-corrected chi connectivity index (χ4v) is 2.03. The lowest BCUT2D eigenvalue weighted by molar-refractivity contribution is -0.141. The molecule has 0 aromatic carbocycles. The van der Waals surface area contributed by atoms with E-state index in [1.807, 2.05) is 0 Å². The van der Waals surface area contributed by atoms with Crippen LogP contribution < -0.4 is 5.32 Å². The Bertz CT molecular complexity index is 221. The molecule has 1 unspecified atom stereocenters. The van der Waals surface area contributed by atoms with Crippen molar-refractivity contribution in [2.24, 2.45) is 0 Å². The van der Waals surface area contributed by atoms with Crippen LogP contribution in [-0.4, -0.2) is 27.9 Å². The molecule has 0 aliphatic rings. The van der Waals surface area contributed by atoms with E-state index in [9.17, 15) is 9.59 Å². The highest BCUT2D eigenvalue weighted by atomic mass is 79.9. The number of hydrogen-bond acceptors (Lipinski definition) is 2. The van der Waals surface area contributed by atoms with Gasteiger partial charge in [-0.15, -0.1) is 0 Å². The molecule has 0 radical (unpaired) electrons. The summed E-state index contributed by atoms with van der Waals surface area (Å²) in [5.74, 6) is -1.27. The molecule has 0 aromatic heterocycles. The summed E-state index contributed by atoms with van der Waals surface area (Å²) in [5.41, 5.74) is 0. The Morgan fingerprint density at radius 1 is 1.33 bits per heavy atom. The van der Waals surface area contributed by atoms with Gasteiger partial charge in [0.05, 0.1) is 0 Å². The maximum atomic E-state index is 10.8. The van der Waals surface area contributed by atoms with Crippen molar-refractivity contribution < 1.29 is 14.7 Å². The number of carboxylic acid groups (broad SMARTS) is 1. The highest BCUT2D eigenvalue weighted by Gasteiger charge is 2.19. The molecule has 0 rings (SSSR count). The van der Waals surface area contributed by atoms with Crippen LogP contribution in [0.4, 0.5) is 0 Å². The maximum absolute atomic E-state index is 10.8. The van der Waals surface area contributed by atoms with Gasteiger partial charge in [0.25, 0.3) is 0 Å². The molecular weight excluding hydrogens is 262 g/mol. The van der Waals surface area contributed by atoms with Crippen LogP contribution >= 0.6 is 15.9 Å². The van der Waals surface area contributed by atoms with Crippen LogP contribution in [0, 0.1) is 0 Å². The fraction of sp³-hybridized carbons (Fsp3) is 0.800. The number of nitrogens with one attached hydrogen (secondary N) is 1. The summed E-state index contributed by atoms with van der Waals surface area (Å²) in [7, 11) is 0. The number of carbonyl (C=O) groups excluding carboxylic acids is 1. The van der Waals surface area contributed by atoms with Gasteiger partial charge < -0.3 is 10.4 Å². The SMILES string of the molecule is CCCC(Br)CC[C@H](NC(C)=O)C(=O)O. The van der Waals surface area contributed by atoms with Crippen molar-refractivity contribution in [2.75, 3.05) is 0 Å². The van der Waals surface area contributed by atoms with Crippen LogP contribution in [0.1, 0.15) is 39.5 Å². The molecule has 5 heteroatoms. The predicted molar refractivity (Wildman–Crippen MR) is 62.1 cm³/mol. The molecule has 1 amide bonds. The van der Waals surface area contributed by atoms with Crippen LogP contribution in [0.25, 0.3) is 0 Å². The van der Waals surface area contributed by atoms with Gasteiger partial charge in [0.15, 0.2) is 0 Å². The van der Waals surface area contributed by atoms with Gasteiger partial charge in [-0.25, -0.2) is 4.79 Å². The highest BCUT2D eigenvalue weighted by Crippen LogP contribution is 2.15. The summed E-state index contributed by atoms with van der Waals surface area (Å²) in [4.78, 5) is 21.8. The third-order valence-electron chi connectivity index (χ3n) is 2.05. The van der Waals surface area contributed by atoms with E-state index in [2.05, 4.69) is 28.2 Å². The zero-order valence-electron chi connectivity index (χ0n) is 9.12. The van der Waals surface area contributed by atoms with Crippen LogP contribution in [0.3, 0.4) is 0 Å². The number of carboxylic acids is 1. The van der Waals surface area contributed by atoms with E-state index in [-0.39, 0.29) is 5.91 Å². The van der Waals surface area contributed by atoms with E-state index < -0.39 is 12.0 Å². The van der Waals surface area contributed by atoms with Gasteiger partial charge in [-0.05, 0) is 19.3 Å². The van der Waals surface area contributed by atoms with Crippen molar-refractivity contribution in [3.63, 3.8) is 0 Å². The average Bonchev–Trinajstić information content (AvgIpc) is 2.11. The minimum Gasteiger partial charge on any atom is -0.480 e. The first-order chi connectivity index (χ1) is 6.97. The van der Waals surface area contributed by atoms with E-state index in [1.165, 1.54) is 6.92 Å². The van der Waals surface area contributed by atoms with Gasteiger partial charge in [-0.3, -0.25) is 4.79 Å². The van der Waals surface area contributed by atoms with Crippen molar-refractivity contribution >= 4 is 27.8 Å². The van der Waals surface area contributed by atoms with E-state index in [0.717, 1.165) is 19.3 Å².